The minimum atomic E-state index is -0.883. The summed E-state index contributed by atoms with van der Waals surface area (Å²) >= 11 is 5.94. The fraction of sp³-hybridized carbons (Fsp3) is 0.600. The zero-order valence-electron chi connectivity index (χ0n) is 9.14. The summed E-state index contributed by atoms with van der Waals surface area (Å²) in [7, 11) is 0. The number of nitrogens with zero attached hydrogens (tertiary/aromatic N) is 3. The molecule has 17 heavy (non-hydrogen) atoms. The van der Waals surface area contributed by atoms with Gasteiger partial charge in [0.15, 0.2) is 0 Å². The number of anilines is 1. The smallest absolute Gasteiger partial charge is 0.287 e. The van der Waals surface area contributed by atoms with Gasteiger partial charge in [0.2, 0.25) is 0 Å². The van der Waals surface area contributed by atoms with Crippen molar-refractivity contribution in [2.45, 2.75) is 19.1 Å². The van der Waals surface area contributed by atoms with Crippen LogP contribution >= 0.6 is 11.6 Å². The molecular formula is C10H13ClFN3O2. The van der Waals surface area contributed by atoms with Crippen molar-refractivity contribution in [3.63, 3.8) is 0 Å². The van der Waals surface area contributed by atoms with E-state index in [0.717, 1.165) is 4.68 Å². The van der Waals surface area contributed by atoms with Crippen LogP contribution < -0.4 is 10.5 Å². The Morgan fingerprint density at radius 2 is 2.41 bits per heavy atom. The van der Waals surface area contributed by atoms with Gasteiger partial charge in [-0.15, -0.1) is 0 Å². The van der Waals surface area contributed by atoms with Crippen molar-refractivity contribution in [1.82, 2.24) is 9.78 Å². The van der Waals surface area contributed by atoms with Crippen LogP contribution in [0.3, 0.4) is 0 Å². The van der Waals surface area contributed by atoms with Crippen molar-refractivity contribution >= 4 is 17.3 Å². The van der Waals surface area contributed by atoms with Gasteiger partial charge < -0.3 is 10.0 Å². The summed E-state index contributed by atoms with van der Waals surface area (Å²) in [4.78, 5) is 13.5. The minimum absolute atomic E-state index is 0.0301. The topological polar surface area (TPSA) is 58.4 Å². The molecular weight excluding hydrogens is 249 g/mol. The predicted octanol–water partition coefficient (Wildman–Crippen LogP) is 0.437. The predicted molar refractivity (Wildman–Crippen MR) is 62.3 cm³/mol. The van der Waals surface area contributed by atoms with Gasteiger partial charge in [-0.1, -0.05) is 11.6 Å². The molecule has 0 radical (unpaired) electrons. The summed E-state index contributed by atoms with van der Waals surface area (Å²) in [6.07, 6.45) is 0.999. The Morgan fingerprint density at radius 1 is 1.65 bits per heavy atom. The number of aliphatic hydroxyl groups excluding tert-OH is 1. The van der Waals surface area contributed by atoms with Crippen LogP contribution in [0.25, 0.3) is 0 Å². The number of hydrogen-bond acceptors (Lipinski definition) is 4. The molecule has 1 aliphatic heterocycles. The van der Waals surface area contributed by atoms with E-state index in [-0.39, 0.29) is 24.7 Å². The molecule has 1 aliphatic rings. The van der Waals surface area contributed by atoms with Crippen LogP contribution in [0.2, 0.25) is 5.02 Å². The summed E-state index contributed by atoms with van der Waals surface area (Å²) in [5.41, 5.74) is 0.00605. The van der Waals surface area contributed by atoms with Crippen molar-refractivity contribution in [2.24, 2.45) is 0 Å². The lowest BCUT2D eigenvalue weighted by molar-refractivity contribution is 0.266. The molecule has 1 saturated heterocycles. The monoisotopic (exact) mass is 261 g/mol. The molecule has 2 heterocycles. The van der Waals surface area contributed by atoms with Gasteiger partial charge in [0.05, 0.1) is 25.0 Å². The quantitative estimate of drug-likeness (QED) is 0.858. The van der Waals surface area contributed by atoms with E-state index in [1.54, 1.807) is 4.90 Å². The number of hydrogen-bond donors (Lipinski definition) is 1. The van der Waals surface area contributed by atoms with E-state index in [4.69, 9.17) is 16.7 Å². The van der Waals surface area contributed by atoms with Crippen molar-refractivity contribution < 1.29 is 9.50 Å². The Kier molecular flexibility index (Phi) is 3.63. The maximum absolute atomic E-state index is 13.1. The molecule has 1 aromatic rings. The molecule has 7 heteroatoms. The summed E-state index contributed by atoms with van der Waals surface area (Å²) in [6.45, 7) is 0.695. The van der Waals surface area contributed by atoms with Gasteiger partial charge >= 0.3 is 0 Å². The second-order valence-electron chi connectivity index (χ2n) is 3.93. The lowest BCUT2D eigenvalue weighted by Crippen LogP contribution is -2.29. The zero-order chi connectivity index (χ0) is 12.4. The van der Waals surface area contributed by atoms with Gasteiger partial charge in [0.1, 0.15) is 11.2 Å². The fourth-order valence-electron chi connectivity index (χ4n) is 1.87. The van der Waals surface area contributed by atoms with E-state index in [9.17, 15) is 9.18 Å². The Hall–Kier alpha value is -1.14. The molecule has 1 atom stereocenters. The molecule has 1 N–H and O–H groups in total. The van der Waals surface area contributed by atoms with Gasteiger partial charge in [0, 0.05) is 13.1 Å². The number of halogens is 2. The third-order valence-electron chi connectivity index (χ3n) is 2.75. The number of alkyl halides is 1. The summed E-state index contributed by atoms with van der Waals surface area (Å²) in [6, 6.07) is 0. The lowest BCUT2D eigenvalue weighted by atomic mass is 10.3. The Morgan fingerprint density at radius 3 is 3.00 bits per heavy atom. The molecule has 0 saturated carbocycles. The van der Waals surface area contributed by atoms with E-state index < -0.39 is 11.7 Å². The highest BCUT2D eigenvalue weighted by Crippen LogP contribution is 2.25. The van der Waals surface area contributed by atoms with E-state index in [2.05, 4.69) is 5.10 Å². The lowest BCUT2D eigenvalue weighted by Gasteiger charge is -2.18. The first-order valence-electron chi connectivity index (χ1n) is 5.39. The van der Waals surface area contributed by atoms with Crippen LogP contribution in [0.4, 0.5) is 10.1 Å². The standard InChI is InChI=1S/C10H13ClFN3O2/c11-9-8(14-2-1-7(12)6-14)5-13-15(3-4-16)10(9)17/h5,7,16H,1-4,6H2/t7-/m0/s1. The summed E-state index contributed by atoms with van der Waals surface area (Å²) in [5.74, 6) is 0. The third kappa shape index (κ3) is 2.42. The van der Waals surface area contributed by atoms with E-state index in [1.807, 2.05) is 0 Å². The fourth-order valence-corrected chi connectivity index (χ4v) is 2.13. The Bertz CT molecular complexity index is 465. The van der Waals surface area contributed by atoms with Gasteiger partial charge in [-0.05, 0) is 6.42 Å². The van der Waals surface area contributed by atoms with E-state index in [0.29, 0.717) is 18.7 Å². The van der Waals surface area contributed by atoms with Gasteiger partial charge in [-0.2, -0.15) is 5.10 Å². The average molecular weight is 262 g/mol. The van der Waals surface area contributed by atoms with Gasteiger partial charge in [-0.3, -0.25) is 4.79 Å². The summed E-state index contributed by atoms with van der Waals surface area (Å²) in [5, 5.41) is 12.7. The number of aromatic nitrogens is 2. The molecule has 1 aromatic heterocycles. The molecule has 0 unspecified atom stereocenters. The summed E-state index contributed by atoms with van der Waals surface area (Å²) < 4.78 is 14.2. The van der Waals surface area contributed by atoms with Gasteiger partial charge in [0.25, 0.3) is 5.56 Å². The highest BCUT2D eigenvalue weighted by Gasteiger charge is 2.25. The second-order valence-corrected chi connectivity index (χ2v) is 4.31. The number of rotatable bonds is 3. The largest absolute Gasteiger partial charge is 0.394 e. The molecule has 0 aromatic carbocycles. The van der Waals surface area contributed by atoms with Crippen LogP contribution in [-0.4, -0.2) is 40.8 Å². The van der Waals surface area contributed by atoms with E-state index >= 15 is 0 Å². The van der Waals surface area contributed by atoms with Crippen molar-refractivity contribution in [3.8, 4) is 0 Å². The Balaban J connectivity index is 2.31. The van der Waals surface area contributed by atoms with Crippen molar-refractivity contribution in [1.29, 1.82) is 0 Å². The van der Waals surface area contributed by atoms with Gasteiger partial charge in [-0.25, -0.2) is 9.07 Å². The highest BCUT2D eigenvalue weighted by molar-refractivity contribution is 6.33. The molecule has 94 valence electrons. The van der Waals surface area contributed by atoms with Crippen molar-refractivity contribution in [2.75, 3.05) is 24.6 Å². The van der Waals surface area contributed by atoms with Crippen LogP contribution in [0.5, 0.6) is 0 Å². The Labute approximate surface area is 102 Å². The van der Waals surface area contributed by atoms with Crippen LogP contribution in [0.1, 0.15) is 6.42 Å². The SMILES string of the molecule is O=c1c(Cl)c(N2CC[C@H](F)C2)cnn1CCO. The molecule has 1 fully saturated rings. The van der Waals surface area contributed by atoms with Crippen LogP contribution in [0, 0.1) is 0 Å². The minimum Gasteiger partial charge on any atom is -0.394 e. The van der Waals surface area contributed by atoms with Crippen LogP contribution in [-0.2, 0) is 6.54 Å². The third-order valence-corrected chi connectivity index (χ3v) is 3.11. The maximum Gasteiger partial charge on any atom is 0.287 e. The molecule has 0 bridgehead atoms. The highest BCUT2D eigenvalue weighted by atomic mass is 35.5. The number of aliphatic hydroxyl groups is 1. The molecule has 0 spiro atoms. The molecule has 0 amide bonds. The molecule has 0 aliphatic carbocycles. The molecule has 2 rings (SSSR count). The zero-order valence-corrected chi connectivity index (χ0v) is 9.90. The average Bonchev–Trinajstić information content (AvgIpc) is 2.72. The first kappa shape index (κ1) is 12.3. The normalized spacial score (nSPS) is 19.9. The first-order chi connectivity index (χ1) is 8.13. The van der Waals surface area contributed by atoms with Crippen LogP contribution in [0.15, 0.2) is 11.0 Å². The maximum atomic E-state index is 13.1. The first-order valence-corrected chi connectivity index (χ1v) is 5.76. The molecule has 5 nitrogen and oxygen atoms in total. The van der Waals surface area contributed by atoms with E-state index in [1.165, 1.54) is 6.20 Å². The second kappa shape index (κ2) is 5.01. The van der Waals surface area contributed by atoms with Crippen molar-refractivity contribution in [3.05, 3.63) is 21.6 Å².